The molecule has 1 N–H and O–H groups in total. The predicted molar refractivity (Wildman–Crippen MR) is 108 cm³/mol. The third kappa shape index (κ3) is 3.39. The van der Waals surface area contributed by atoms with Crippen LogP contribution in [0.25, 0.3) is 0 Å². The molecule has 7 heteroatoms. The Morgan fingerprint density at radius 3 is 2.46 bits per heavy atom. The lowest BCUT2D eigenvalue weighted by Crippen LogP contribution is -2.44. The molecular formula is C21H18ClFN2O2S. The molecule has 4 rings (SSSR count). The molecule has 0 aromatic heterocycles. The molecule has 3 aromatic rings. The van der Waals surface area contributed by atoms with Crippen LogP contribution in [0.3, 0.4) is 0 Å². The van der Waals surface area contributed by atoms with Crippen LogP contribution in [-0.4, -0.2) is 19.3 Å². The summed E-state index contributed by atoms with van der Waals surface area (Å²) in [5.41, 5.74) is 1.64. The van der Waals surface area contributed by atoms with Gasteiger partial charge in [0.2, 0.25) is 10.0 Å². The molecule has 1 aliphatic rings. The number of halogens is 2. The Kier molecular flexibility index (Phi) is 5.10. The van der Waals surface area contributed by atoms with Crippen LogP contribution in [0.4, 0.5) is 10.1 Å². The largest absolute Gasteiger partial charge is 0.364 e. The first-order valence-corrected chi connectivity index (χ1v) is 10.7. The van der Waals surface area contributed by atoms with Crippen LogP contribution in [0, 0.1) is 5.82 Å². The Hall–Kier alpha value is -2.41. The Labute approximate surface area is 168 Å². The average Bonchev–Trinajstić information content (AvgIpc) is 2.70. The van der Waals surface area contributed by atoms with Gasteiger partial charge in [-0.05, 0) is 30.2 Å². The fourth-order valence-electron chi connectivity index (χ4n) is 3.39. The van der Waals surface area contributed by atoms with E-state index in [0.717, 1.165) is 5.56 Å². The lowest BCUT2D eigenvalue weighted by molar-refractivity contribution is 0.338. The van der Waals surface area contributed by atoms with Crippen LogP contribution >= 0.6 is 11.6 Å². The highest BCUT2D eigenvalue weighted by molar-refractivity contribution is 7.89. The van der Waals surface area contributed by atoms with Gasteiger partial charge in [-0.2, -0.15) is 4.31 Å². The van der Waals surface area contributed by atoms with E-state index in [4.69, 9.17) is 11.6 Å². The summed E-state index contributed by atoms with van der Waals surface area (Å²) in [5, 5.41) is 3.13. The molecule has 0 spiro atoms. The summed E-state index contributed by atoms with van der Waals surface area (Å²) in [5.74, 6) is -0.624. The number of rotatable bonds is 4. The number of nitrogens with zero attached hydrogens (tertiary/aromatic N) is 1. The summed E-state index contributed by atoms with van der Waals surface area (Å²) in [6.07, 6.45) is -0.384. The minimum atomic E-state index is -3.82. The van der Waals surface area contributed by atoms with E-state index in [-0.39, 0.29) is 22.0 Å². The van der Waals surface area contributed by atoms with Gasteiger partial charge in [-0.15, -0.1) is 0 Å². The standard InChI is InChI=1S/C21H18ClFN2O2S/c22-17-10-6-9-16(20(17)23)21-24-18-11-4-5-12-19(18)28(26,27)25(21)14-13-15-7-2-1-3-8-15/h1-12,21,24H,13-14H2/t21-/m0/s1. The van der Waals surface area contributed by atoms with Crippen molar-refractivity contribution in [3.05, 3.63) is 94.8 Å². The fourth-order valence-corrected chi connectivity index (χ4v) is 5.26. The normalized spacial score (nSPS) is 18.3. The maximum atomic E-state index is 14.8. The first kappa shape index (κ1) is 18.9. The van der Waals surface area contributed by atoms with Crippen molar-refractivity contribution in [3.8, 4) is 0 Å². The smallest absolute Gasteiger partial charge is 0.247 e. The molecule has 3 aromatic carbocycles. The van der Waals surface area contributed by atoms with E-state index >= 15 is 0 Å². The molecule has 4 nitrogen and oxygen atoms in total. The van der Waals surface area contributed by atoms with E-state index in [1.54, 1.807) is 36.4 Å². The molecule has 0 saturated heterocycles. The van der Waals surface area contributed by atoms with Crippen molar-refractivity contribution in [3.63, 3.8) is 0 Å². The van der Waals surface area contributed by atoms with Gasteiger partial charge in [0.1, 0.15) is 16.9 Å². The van der Waals surface area contributed by atoms with Crippen molar-refractivity contribution >= 4 is 27.3 Å². The average molecular weight is 417 g/mol. The summed E-state index contributed by atoms with van der Waals surface area (Å²) in [4.78, 5) is 0.182. The Balaban J connectivity index is 1.78. The molecule has 1 heterocycles. The van der Waals surface area contributed by atoms with E-state index < -0.39 is 22.0 Å². The van der Waals surface area contributed by atoms with Crippen molar-refractivity contribution in [2.24, 2.45) is 0 Å². The minimum Gasteiger partial charge on any atom is -0.364 e. The SMILES string of the molecule is O=S1(=O)c2ccccc2N[C@H](c2cccc(Cl)c2F)N1CCc1ccccc1. The van der Waals surface area contributed by atoms with Gasteiger partial charge in [-0.25, -0.2) is 12.8 Å². The second-order valence-electron chi connectivity index (χ2n) is 6.54. The summed E-state index contributed by atoms with van der Waals surface area (Å²) in [6.45, 7) is 0.199. The first-order chi connectivity index (χ1) is 13.5. The van der Waals surface area contributed by atoms with Crippen LogP contribution in [0.5, 0.6) is 0 Å². The van der Waals surface area contributed by atoms with Gasteiger partial charge in [0.25, 0.3) is 0 Å². The Morgan fingerprint density at radius 1 is 0.964 bits per heavy atom. The van der Waals surface area contributed by atoms with E-state index in [1.165, 1.54) is 10.4 Å². The highest BCUT2D eigenvalue weighted by Crippen LogP contribution is 2.39. The molecule has 1 atom stereocenters. The van der Waals surface area contributed by atoms with Crippen molar-refractivity contribution in [1.29, 1.82) is 0 Å². The molecule has 0 aliphatic carbocycles. The zero-order valence-electron chi connectivity index (χ0n) is 14.8. The number of nitrogens with one attached hydrogen (secondary N) is 1. The van der Waals surface area contributed by atoms with Crippen molar-refractivity contribution in [2.75, 3.05) is 11.9 Å². The lowest BCUT2D eigenvalue weighted by atomic mass is 10.1. The lowest BCUT2D eigenvalue weighted by Gasteiger charge is -2.37. The molecule has 0 fully saturated rings. The minimum absolute atomic E-state index is 0.0430. The second-order valence-corrected chi connectivity index (χ2v) is 8.80. The van der Waals surface area contributed by atoms with Crippen molar-refractivity contribution < 1.29 is 12.8 Å². The molecule has 0 saturated carbocycles. The number of anilines is 1. The maximum Gasteiger partial charge on any atom is 0.247 e. The maximum absolute atomic E-state index is 14.8. The third-order valence-electron chi connectivity index (χ3n) is 4.79. The van der Waals surface area contributed by atoms with Crippen molar-refractivity contribution in [2.45, 2.75) is 17.5 Å². The molecule has 0 amide bonds. The quantitative estimate of drug-likeness (QED) is 0.662. The molecule has 0 bridgehead atoms. The Bertz CT molecular complexity index is 1110. The van der Waals surface area contributed by atoms with Crippen LogP contribution in [0.15, 0.2) is 77.7 Å². The summed E-state index contributed by atoms with van der Waals surface area (Å²) in [6, 6.07) is 20.9. The highest BCUT2D eigenvalue weighted by Gasteiger charge is 2.39. The number of para-hydroxylation sites is 1. The van der Waals surface area contributed by atoms with E-state index in [9.17, 15) is 12.8 Å². The monoisotopic (exact) mass is 416 g/mol. The van der Waals surface area contributed by atoms with Gasteiger partial charge in [-0.1, -0.05) is 66.2 Å². The summed E-state index contributed by atoms with van der Waals surface area (Å²) in [7, 11) is -3.82. The van der Waals surface area contributed by atoms with Gasteiger partial charge in [-0.3, -0.25) is 0 Å². The molecule has 1 aliphatic heterocycles. The van der Waals surface area contributed by atoms with Gasteiger partial charge in [0.15, 0.2) is 0 Å². The van der Waals surface area contributed by atoms with Crippen LogP contribution in [-0.2, 0) is 16.4 Å². The number of fused-ring (bicyclic) bond motifs is 1. The third-order valence-corrected chi connectivity index (χ3v) is 7.01. The molecular weight excluding hydrogens is 399 g/mol. The fraction of sp³-hybridized carbons (Fsp3) is 0.143. The van der Waals surface area contributed by atoms with E-state index in [2.05, 4.69) is 5.32 Å². The topological polar surface area (TPSA) is 49.4 Å². The van der Waals surface area contributed by atoms with Crippen molar-refractivity contribution in [1.82, 2.24) is 4.31 Å². The van der Waals surface area contributed by atoms with Crippen LogP contribution < -0.4 is 5.32 Å². The molecule has 0 radical (unpaired) electrons. The molecule has 0 unspecified atom stereocenters. The number of hydrogen-bond acceptors (Lipinski definition) is 3. The molecule has 144 valence electrons. The Morgan fingerprint density at radius 2 is 1.68 bits per heavy atom. The second kappa shape index (κ2) is 7.54. The zero-order chi connectivity index (χ0) is 19.7. The van der Waals surface area contributed by atoms with E-state index in [0.29, 0.717) is 12.1 Å². The van der Waals surface area contributed by atoms with Crippen LogP contribution in [0.1, 0.15) is 17.3 Å². The van der Waals surface area contributed by atoms with Gasteiger partial charge in [0.05, 0.1) is 10.7 Å². The zero-order valence-corrected chi connectivity index (χ0v) is 16.4. The molecule has 28 heavy (non-hydrogen) atoms. The van der Waals surface area contributed by atoms with Gasteiger partial charge >= 0.3 is 0 Å². The summed E-state index contributed by atoms with van der Waals surface area (Å²) < 4.78 is 42.7. The number of benzene rings is 3. The van der Waals surface area contributed by atoms with Gasteiger partial charge in [0, 0.05) is 12.1 Å². The van der Waals surface area contributed by atoms with E-state index in [1.807, 2.05) is 30.3 Å². The number of hydrogen-bond donors (Lipinski definition) is 1. The first-order valence-electron chi connectivity index (χ1n) is 8.84. The summed E-state index contributed by atoms with van der Waals surface area (Å²) >= 11 is 5.95. The van der Waals surface area contributed by atoms with Crippen LogP contribution in [0.2, 0.25) is 5.02 Å². The highest BCUT2D eigenvalue weighted by atomic mass is 35.5. The number of sulfonamides is 1. The van der Waals surface area contributed by atoms with Gasteiger partial charge < -0.3 is 5.32 Å². The predicted octanol–water partition coefficient (Wildman–Crippen LogP) is 4.84.